The van der Waals surface area contributed by atoms with E-state index in [-0.39, 0.29) is 5.97 Å². The average Bonchev–Trinajstić information content (AvgIpc) is 2.83. The predicted octanol–water partition coefficient (Wildman–Crippen LogP) is 3.46. The summed E-state index contributed by atoms with van der Waals surface area (Å²) in [5, 5.41) is 0. The SMILES string of the molecule is Cc1ccc(C2=C(c3ccccc3)COC2=O)cc1. The third-order valence-electron chi connectivity index (χ3n) is 3.32. The van der Waals surface area contributed by atoms with E-state index in [1.807, 2.05) is 61.5 Å². The van der Waals surface area contributed by atoms with Crippen LogP contribution in [0.4, 0.5) is 0 Å². The fourth-order valence-corrected chi connectivity index (χ4v) is 2.28. The molecule has 1 aliphatic heterocycles. The Morgan fingerprint density at radius 3 is 2.26 bits per heavy atom. The maximum absolute atomic E-state index is 12.0. The molecule has 2 aromatic carbocycles. The summed E-state index contributed by atoms with van der Waals surface area (Å²) in [6.07, 6.45) is 0. The minimum Gasteiger partial charge on any atom is -0.457 e. The number of ether oxygens (including phenoxy) is 1. The first-order valence-electron chi connectivity index (χ1n) is 6.28. The van der Waals surface area contributed by atoms with Gasteiger partial charge in [0.2, 0.25) is 0 Å². The monoisotopic (exact) mass is 250 g/mol. The van der Waals surface area contributed by atoms with Gasteiger partial charge in [-0.2, -0.15) is 0 Å². The quantitative estimate of drug-likeness (QED) is 0.763. The van der Waals surface area contributed by atoms with Gasteiger partial charge in [0.15, 0.2) is 0 Å². The maximum Gasteiger partial charge on any atom is 0.339 e. The van der Waals surface area contributed by atoms with Gasteiger partial charge in [-0.05, 0) is 18.1 Å². The number of hydrogen-bond acceptors (Lipinski definition) is 2. The first-order valence-corrected chi connectivity index (χ1v) is 6.28. The molecule has 94 valence electrons. The normalized spacial score (nSPS) is 14.7. The fraction of sp³-hybridized carbons (Fsp3) is 0.118. The molecule has 2 nitrogen and oxygen atoms in total. The predicted molar refractivity (Wildman–Crippen MR) is 75.4 cm³/mol. The van der Waals surface area contributed by atoms with Gasteiger partial charge in [-0.3, -0.25) is 0 Å². The molecule has 0 aliphatic carbocycles. The lowest BCUT2D eigenvalue weighted by molar-refractivity contribution is -0.133. The second-order valence-corrected chi connectivity index (χ2v) is 4.66. The van der Waals surface area contributed by atoms with E-state index in [1.54, 1.807) is 0 Å². The molecule has 0 saturated carbocycles. The van der Waals surface area contributed by atoms with E-state index in [0.717, 1.165) is 16.7 Å². The Morgan fingerprint density at radius 1 is 0.895 bits per heavy atom. The van der Waals surface area contributed by atoms with Gasteiger partial charge in [0.1, 0.15) is 6.61 Å². The number of aryl methyl sites for hydroxylation is 1. The molecule has 1 aliphatic rings. The third-order valence-corrected chi connectivity index (χ3v) is 3.32. The number of carbonyl (C=O) groups is 1. The summed E-state index contributed by atoms with van der Waals surface area (Å²) >= 11 is 0. The van der Waals surface area contributed by atoms with E-state index in [9.17, 15) is 4.79 Å². The third kappa shape index (κ3) is 2.17. The van der Waals surface area contributed by atoms with Crippen molar-refractivity contribution in [2.45, 2.75) is 6.92 Å². The van der Waals surface area contributed by atoms with E-state index >= 15 is 0 Å². The molecule has 0 unspecified atom stereocenters. The van der Waals surface area contributed by atoms with Gasteiger partial charge in [0, 0.05) is 5.57 Å². The molecular formula is C17H14O2. The number of carbonyl (C=O) groups excluding carboxylic acids is 1. The van der Waals surface area contributed by atoms with Crippen LogP contribution in [-0.2, 0) is 9.53 Å². The molecule has 19 heavy (non-hydrogen) atoms. The zero-order valence-corrected chi connectivity index (χ0v) is 10.7. The van der Waals surface area contributed by atoms with E-state index in [2.05, 4.69) is 0 Å². The molecule has 1 heterocycles. The Hall–Kier alpha value is -2.35. The van der Waals surface area contributed by atoms with Crippen molar-refractivity contribution >= 4 is 17.1 Å². The minimum absolute atomic E-state index is 0.234. The number of benzene rings is 2. The van der Waals surface area contributed by atoms with Crippen LogP contribution in [0.1, 0.15) is 16.7 Å². The second kappa shape index (κ2) is 4.73. The highest BCUT2D eigenvalue weighted by Gasteiger charge is 2.26. The van der Waals surface area contributed by atoms with Crippen molar-refractivity contribution in [3.8, 4) is 0 Å². The van der Waals surface area contributed by atoms with Crippen LogP contribution in [0.15, 0.2) is 54.6 Å². The smallest absolute Gasteiger partial charge is 0.339 e. The van der Waals surface area contributed by atoms with E-state index in [1.165, 1.54) is 5.56 Å². The van der Waals surface area contributed by atoms with E-state index < -0.39 is 0 Å². The molecule has 0 fully saturated rings. The summed E-state index contributed by atoms with van der Waals surface area (Å²) in [7, 11) is 0. The van der Waals surface area contributed by atoms with Crippen LogP contribution in [-0.4, -0.2) is 12.6 Å². The van der Waals surface area contributed by atoms with Crippen molar-refractivity contribution in [1.29, 1.82) is 0 Å². The molecule has 0 saturated heterocycles. The number of cyclic esters (lactones) is 1. The van der Waals surface area contributed by atoms with Crippen LogP contribution >= 0.6 is 0 Å². The molecule has 0 spiro atoms. The van der Waals surface area contributed by atoms with Crippen molar-refractivity contribution in [2.75, 3.05) is 6.61 Å². The highest BCUT2D eigenvalue weighted by atomic mass is 16.5. The molecule has 0 amide bonds. The molecule has 0 N–H and O–H groups in total. The molecule has 0 radical (unpaired) electrons. The van der Waals surface area contributed by atoms with E-state index in [4.69, 9.17) is 4.74 Å². The Bertz CT molecular complexity index is 637. The second-order valence-electron chi connectivity index (χ2n) is 4.66. The zero-order chi connectivity index (χ0) is 13.2. The minimum atomic E-state index is -0.234. The average molecular weight is 250 g/mol. The number of rotatable bonds is 2. The van der Waals surface area contributed by atoms with Gasteiger partial charge in [-0.1, -0.05) is 60.2 Å². The number of hydrogen-bond donors (Lipinski definition) is 0. The summed E-state index contributed by atoms with van der Waals surface area (Å²) in [5.41, 5.74) is 4.80. The van der Waals surface area contributed by atoms with Crippen molar-refractivity contribution < 1.29 is 9.53 Å². The fourth-order valence-electron chi connectivity index (χ4n) is 2.28. The highest BCUT2D eigenvalue weighted by Crippen LogP contribution is 2.32. The maximum atomic E-state index is 12.0. The van der Waals surface area contributed by atoms with Crippen molar-refractivity contribution in [3.63, 3.8) is 0 Å². The molecule has 2 heteroatoms. The van der Waals surface area contributed by atoms with E-state index in [0.29, 0.717) is 12.2 Å². The Balaban J connectivity index is 2.14. The molecule has 3 rings (SSSR count). The highest BCUT2D eigenvalue weighted by molar-refractivity contribution is 6.27. The van der Waals surface area contributed by atoms with Gasteiger partial charge >= 0.3 is 5.97 Å². The summed E-state index contributed by atoms with van der Waals surface area (Å²) in [6.45, 7) is 2.38. The van der Waals surface area contributed by atoms with Gasteiger partial charge < -0.3 is 4.74 Å². The molecule has 0 bridgehead atoms. The van der Waals surface area contributed by atoms with Crippen LogP contribution in [0.2, 0.25) is 0 Å². The molecule has 2 aromatic rings. The first-order chi connectivity index (χ1) is 9.25. The molecule has 0 aromatic heterocycles. The first kappa shape index (κ1) is 11.7. The van der Waals surface area contributed by atoms with Crippen LogP contribution in [0, 0.1) is 6.92 Å². The Labute approximate surface area is 112 Å². The summed E-state index contributed by atoms with van der Waals surface area (Å²) in [4.78, 5) is 12.0. The zero-order valence-electron chi connectivity index (χ0n) is 10.7. The molecular weight excluding hydrogens is 236 g/mol. The Morgan fingerprint density at radius 2 is 1.58 bits per heavy atom. The number of esters is 1. The van der Waals surface area contributed by atoms with Crippen LogP contribution in [0.3, 0.4) is 0 Å². The molecule has 0 atom stereocenters. The van der Waals surface area contributed by atoms with Crippen LogP contribution in [0.25, 0.3) is 11.1 Å². The van der Waals surface area contributed by atoms with Gasteiger partial charge in [-0.15, -0.1) is 0 Å². The van der Waals surface area contributed by atoms with Crippen LogP contribution in [0.5, 0.6) is 0 Å². The van der Waals surface area contributed by atoms with Gasteiger partial charge in [0.05, 0.1) is 5.57 Å². The van der Waals surface area contributed by atoms with Crippen molar-refractivity contribution in [2.24, 2.45) is 0 Å². The summed E-state index contributed by atoms with van der Waals surface area (Å²) in [5.74, 6) is -0.234. The van der Waals surface area contributed by atoms with Crippen molar-refractivity contribution in [1.82, 2.24) is 0 Å². The standard InChI is InChI=1S/C17H14O2/c1-12-7-9-14(10-8-12)16-15(11-19-17(16)18)13-5-3-2-4-6-13/h2-10H,11H2,1H3. The lowest BCUT2D eigenvalue weighted by Gasteiger charge is -2.04. The lowest BCUT2D eigenvalue weighted by atomic mass is 9.96. The lowest BCUT2D eigenvalue weighted by Crippen LogP contribution is -1.98. The van der Waals surface area contributed by atoms with Crippen LogP contribution < -0.4 is 0 Å². The largest absolute Gasteiger partial charge is 0.457 e. The topological polar surface area (TPSA) is 26.3 Å². The summed E-state index contributed by atoms with van der Waals surface area (Å²) < 4.78 is 5.20. The summed E-state index contributed by atoms with van der Waals surface area (Å²) in [6, 6.07) is 17.9. The Kier molecular flexibility index (Phi) is 2.92. The van der Waals surface area contributed by atoms with Crippen molar-refractivity contribution in [3.05, 3.63) is 71.3 Å². The van der Waals surface area contributed by atoms with Gasteiger partial charge in [-0.25, -0.2) is 4.79 Å². The van der Waals surface area contributed by atoms with Gasteiger partial charge in [0.25, 0.3) is 0 Å².